The smallest absolute Gasteiger partial charge is 0.407 e. The van der Waals surface area contributed by atoms with E-state index in [0.29, 0.717) is 6.54 Å². The van der Waals surface area contributed by atoms with Crippen LogP contribution in [0.5, 0.6) is 0 Å². The van der Waals surface area contributed by atoms with Gasteiger partial charge in [-0.1, -0.05) is 18.9 Å². The summed E-state index contributed by atoms with van der Waals surface area (Å²) in [5.74, 6) is 0. The van der Waals surface area contributed by atoms with E-state index in [9.17, 15) is 4.79 Å². The van der Waals surface area contributed by atoms with Crippen molar-refractivity contribution in [3.05, 3.63) is 11.6 Å². The van der Waals surface area contributed by atoms with Crippen molar-refractivity contribution >= 4 is 6.09 Å². The molecular formula is C17H30N2O3. The predicted octanol–water partition coefficient (Wildman–Crippen LogP) is 2.76. The molecule has 1 fully saturated rings. The molecule has 126 valence electrons. The Hall–Kier alpha value is -1.07. The highest BCUT2D eigenvalue weighted by molar-refractivity contribution is 5.67. The van der Waals surface area contributed by atoms with E-state index in [4.69, 9.17) is 9.47 Å². The number of rotatable bonds is 5. The highest BCUT2D eigenvalue weighted by Crippen LogP contribution is 2.29. The van der Waals surface area contributed by atoms with Crippen molar-refractivity contribution in [3.63, 3.8) is 0 Å². The lowest BCUT2D eigenvalue weighted by molar-refractivity contribution is 0.0509. The Morgan fingerprint density at radius 1 is 1.36 bits per heavy atom. The zero-order valence-electron chi connectivity index (χ0n) is 14.2. The van der Waals surface area contributed by atoms with E-state index in [-0.39, 0.29) is 11.6 Å². The van der Waals surface area contributed by atoms with Crippen molar-refractivity contribution in [2.45, 2.75) is 64.0 Å². The van der Waals surface area contributed by atoms with Crippen molar-refractivity contribution < 1.29 is 14.3 Å². The summed E-state index contributed by atoms with van der Waals surface area (Å²) in [5.41, 5.74) is 0.856. The Morgan fingerprint density at radius 2 is 2.09 bits per heavy atom. The lowest BCUT2D eigenvalue weighted by Gasteiger charge is -2.32. The SMILES string of the molecule is CC(C)(C)OC(=O)NCC1(NCC2=CCCOC2)CCCC1. The maximum Gasteiger partial charge on any atom is 0.407 e. The lowest BCUT2D eigenvalue weighted by Crippen LogP contribution is -2.53. The van der Waals surface area contributed by atoms with Crippen LogP contribution in [0.1, 0.15) is 52.9 Å². The fourth-order valence-electron chi connectivity index (χ4n) is 3.06. The second-order valence-corrected chi connectivity index (χ2v) is 7.40. The molecule has 0 aromatic heterocycles. The fourth-order valence-corrected chi connectivity index (χ4v) is 3.06. The van der Waals surface area contributed by atoms with Gasteiger partial charge < -0.3 is 20.1 Å². The molecule has 1 saturated carbocycles. The molecule has 0 saturated heterocycles. The molecule has 0 aromatic carbocycles. The second-order valence-electron chi connectivity index (χ2n) is 7.40. The normalized spacial score (nSPS) is 21.3. The van der Waals surface area contributed by atoms with Crippen LogP contribution in [0.3, 0.4) is 0 Å². The molecule has 2 N–H and O–H groups in total. The first-order chi connectivity index (χ1) is 10.4. The lowest BCUT2D eigenvalue weighted by atomic mass is 9.97. The molecule has 2 aliphatic rings. The van der Waals surface area contributed by atoms with Crippen LogP contribution in [0.4, 0.5) is 4.79 Å². The molecule has 5 heteroatoms. The fraction of sp³-hybridized carbons (Fsp3) is 0.824. The molecular weight excluding hydrogens is 280 g/mol. The number of hydrogen-bond acceptors (Lipinski definition) is 4. The number of carbonyl (C=O) groups is 1. The second kappa shape index (κ2) is 7.47. The van der Waals surface area contributed by atoms with Crippen LogP contribution in [0.15, 0.2) is 11.6 Å². The summed E-state index contributed by atoms with van der Waals surface area (Å²) in [5, 5.41) is 6.60. The van der Waals surface area contributed by atoms with Crippen molar-refractivity contribution in [1.29, 1.82) is 0 Å². The molecule has 0 radical (unpaired) electrons. The summed E-state index contributed by atoms with van der Waals surface area (Å²) in [4.78, 5) is 11.9. The minimum atomic E-state index is -0.454. The average molecular weight is 310 g/mol. The number of hydrogen-bond donors (Lipinski definition) is 2. The van der Waals surface area contributed by atoms with Crippen LogP contribution >= 0.6 is 0 Å². The molecule has 1 amide bonds. The monoisotopic (exact) mass is 310 g/mol. The minimum absolute atomic E-state index is 0.00477. The average Bonchev–Trinajstić information content (AvgIpc) is 2.92. The van der Waals surface area contributed by atoms with Gasteiger partial charge in [0.1, 0.15) is 5.60 Å². The van der Waals surface area contributed by atoms with Gasteiger partial charge >= 0.3 is 6.09 Å². The van der Waals surface area contributed by atoms with Crippen molar-refractivity contribution in [2.24, 2.45) is 0 Å². The Balaban J connectivity index is 1.83. The quantitative estimate of drug-likeness (QED) is 0.767. The van der Waals surface area contributed by atoms with E-state index < -0.39 is 5.60 Å². The van der Waals surface area contributed by atoms with Crippen LogP contribution in [0.2, 0.25) is 0 Å². The maximum absolute atomic E-state index is 11.9. The third kappa shape index (κ3) is 5.61. The van der Waals surface area contributed by atoms with Crippen LogP contribution in [0, 0.1) is 0 Å². The van der Waals surface area contributed by atoms with Gasteiger partial charge in [0.15, 0.2) is 0 Å². The molecule has 22 heavy (non-hydrogen) atoms. The first-order valence-electron chi connectivity index (χ1n) is 8.36. The summed E-state index contributed by atoms with van der Waals surface area (Å²) in [6, 6.07) is 0. The number of amides is 1. The number of ether oxygens (including phenoxy) is 2. The van der Waals surface area contributed by atoms with Crippen molar-refractivity contribution in [3.8, 4) is 0 Å². The molecule has 0 aromatic rings. The van der Waals surface area contributed by atoms with Gasteiger partial charge in [0.25, 0.3) is 0 Å². The van der Waals surface area contributed by atoms with E-state index in [1.54, 1.807) is 0 Å². The summed E-state index contributed by atoms with van der Waals surface area (Å²) in [6.45, 7) is 8.66. The van der Waals surface area contributed by atoms with Gasteiger partial charge in [0.05, 0.1) is 13.2 Å². The number of nitrogens with one attached hydrogen (secondary N) is 2. The van der Waals surface area contributed by atoms with Gasteiger partial charge in [-0.25, -0.2) is 4.79 Å². The first kappa shape index (κ1) is 17.3. The molecule has 1 aliphatic carbocycles. The zero-order chi connectivity index (χ0) is 16.1. The van der Waals surface area contributed by atoms with Crippen LogP contribution in [-0.4, -0.2) is 43.5 Å². The minimum Gasteiger partial charge on any atom is -0.444 e. The van der Waals surface area contributed by atoms with Crippen LogP contribution in [-0.2, 0) is 9.47 Å². The van der Waals surface area contributed by atoms with E-state index in [1.807, 2.05) is 20.8 Å². The maximum atomic E-state index is 11.9. The summed E-state index contributed by atoms with van der Waals surface area (Å²) in [6.07, 6.45) is 7.53. The third-order valence-corrected chi connectivity index (χ3v) is 4.20. The van der Waals surface area contributed by atoms with Crippen LogP contribution < -0.4 is 10.6 Å². The summed E-state index contributed by atoms with van der Waals surface area (Å²) < 4.78 is 10.8. The van der Waals surface area contributed by atoms with Gasteiger partial charge in [0, 0.05) is 18.6 Å². The first-order valence-corrected chi connectivity index (χ1v) is 8.36. The predicted molar refractivity (Wildman–Crippen MR) is 87.0 cm³/mol. The van der Waals surface area contributed by atoms with E-state index in [1.165, 1.54) is 18.4 Å². The van der Waals surface area contributed by atoms with Gasteiger partial charge in [-0.15, -0.1) is 0 Å². The van der Waals surface area contributed by atoms with Gasteiger partial charge in [-0.3, -0.25) is 0 Å². The van der Waals surface area contributed by atoms with Crippen LogP contribution in [0.25, 0.3) is 0 Å². The van der Waals surface area contributed by atoms with E-state index in [0.717, 1.165) is 39.0 Å². The largest absolute Gasteiger partial charge is 0.444 e. The molecule has 0 unspecified atom stereocenters. The van der Waals surface area contributed by atoms with Gasteiger partial charge in [-0.05, 0) is 45.6 Å². The van der Waals surface area contributed by atoms with Crippen molar-refractivity contribution in [1.82, 2.24) is 10.6 Å². The Kier molecular flexibility index (Phi) is 5.87. The molecule has 0 bridgehead atoms. The highest BCUT2D eigenvalue weighted by Gasteiger charge is 2.34. The molecule has 0 spiro atoms. The summed E-state index contributed by atoms with van der Waals surface area (Å²) in [7, 11) is 0. The highest BCUT2D eigenvalue weighted by atomic mass is 16.6. The number of carbonyl (C=O) groups excluding carboxylic acids is 1. The van der Waals surface area contributed by atoms with E-state index >= 15 is 0 Å². The van der Waals surface area contributed by atoms with Gasteiger partial charge in [-0.2, -0.15) is 0 Å². The molecule has 1 heterocycles. The van der Waals surface area contributed by atoms with Gasteiger partial charge in [0.2, 0.25) is 0 Å². The topological polar surface area (TPSA) is 59.6 Å². The Labute approximate surface area is 133 Å². The standard InChI is InChI=1S/C17H30N2O3/c1-16(2,3)22-15(20)18-13-17(8-4-5-9-17)19-11-14-7-6-10-21-12-14/h7,19H,4-6,8-13H2,1-3H3,(H,18,20). The Bertz CT molecular complexity index is 407. The summed E-state index contributed by atoms with van der Waals surface area (Å²) >= 11 is 0. The molecule has 0 atom stereocenters. The zero-order valence-corrected chi connectivity index (χ0v) is 14.2. The third-order valence-electron chi connectivity index (χ3n) is 4.20. The molecule has 5 nitrogen and oxygen atoms in total. The van der Waals surface area contributed by atoms with Crippen molar-refractivity contribution in [2.75, 3.05) is 26.3 Å². The van der Waals surface area contributed by atoms with E-state index in [2.05, 4.69) is 16.7 Å². The molecule has 2 rings (SSSR count). The Morgan fingerprint density at radius 3 is 2.68 bits per heavy atom. The number of alkyl carbamates (subject to hydrolysis) is 1. The molecule has 1 aliphatic heterocycles.